The molecule has 0 aliphatic carbocycles. The minimum Gasteiger partial charge on any atom is -0.492 e. The van der Waals surface area contributed by atoms with Crippen molar-refractivity contribution in [2.75, 3.05) is 46.4 Å². The maximum atomic E-state index is 12.6. The SMILES string of the molecule is CN=C(NCCOc1cc(C)cc(C)c1)N1CCN(S(=O)(=O)Cc2ccon2)CC1. The van der Waals surface area contributed by atoms with Gasteiger partial charge in [0.25, 0.3) is 0 Å². The number of ether oxygens (including phenoxy) is 1. The van der Waals surface area contributed by atoms with E-state index >= 15 is 0 Å². The van der Waals surface area contributed by atoms with Crippen LogP contribution >= 0.6 is 0 Å². The van der Waals surface area contributed by atoms with E-state index in [9.17, 15) is 8.42 Å². The molecule has 1 aliphatic heterocycles. The minimum atomic E-state index is -3.42. The van der Waals surface area contributed by atoms with Gasteiger partial charge in [-0.15, -0.1) is 0 Å². The Kier molecular flexibility index (Phi) is 7.33. The number of guanidine groups is 1. The highest BCUT2D eigenvalue weighted by Crippen LogP contribution is 2.16. The first kappa shape index (κ1) is 22.1. The quantitative estimate of drug-likeness (QED) is 0.398. The summed E-state index contributed by atoms with van der Waals surface area (Å²) in [6.07, 6.45) is 1.38. The fourth-order valence-corrected chi connectivity index (χ4v) is 4.87. The summed E-state index contributed by atoms with van der Waals surface area (Å²) in [6.45, 7) is 7.14. The van der Waals surface area contributed by atoms with E-state index in [4.69, 9.17) is 9.26 Å². The van der Waals surface area contributed by atoms with Crippen molar-refractivity contribution in [2.45, 2.75) is 19.6 Å². The van der Waals surface area contributed by atoms with E-state index in [-0.39, 0.29) is 5.75 Å². The number of aliphatic imine (C=N–C) groups is 1. The van der Waals surface area contributed by atoms with Crippen molar-refractivity contribution < 1.29 is 17.7 Å². The van der Waals surface area contributed by atoms with Crippen LogP contribution in [-0.2, 0) is 15.8 Å². The molecule has 1 aromatic heterocycles. The second-order valence-electron chi connectivity index (χ2n) is 7.28. The second-order valence-corrected chi connectivity index (χ2v) is 9.25. The molecular weight excluding hydrogens is 406 g/mol. The Balaban J connectivity index is 1.44. The van der Waals surface area contributed by atoms with Gasteiger partial charge in [0, 0.05) is 39.3 Å². The monoisotopic (exact) mass is 435 g/mol. The van der Waals surface area contributed by atoms with E-state index in [2.05, 4.69) is 26.4 Å². The number of aryl methyl sites for hydroxylation is 2. The van der Waals surface area contributed by atoms with Crippen molar-refractivity contribution >= 4 is 16.0 Å². The van der Waals surface area contributed by atoms with Gasteiger partial charge in [0.1, 0.15) is 24.4 Å². The van der Waals surface area contributed by atoms with Gasteiger partial charge in [0.2, 0.25) is 10.0 Å². The van der Waals surface area contributed by atoms with Gasteiger partial charge in [0.15, 0.2) is 5.96 Å². The van der Waals surface area contributed by atoms with Crippen molar-refractivity contribution in [3.63, 3.8) is 0 Å². The summed E-state index contributed by atoms with van der Waals surface area (Å²) in [6, 6.07) is 7.71. The van der Waals surface area contributed by atoms with Crippen LogP contribution in [0.5, 0.6) is 5.75 Å². The van der Waals surface area contributed by atoms with Crippen molar-refractivity contribution in [2.24, 2.45) is 4.99 Å². The Hall–Kier alpha value is -2.59. The minimum absolute atomic E-state index is 0.147. The van der Waals surface area contributed by atoms with Crippen LogP contribution in [0.3, 0.4) is 0 Å². The van der Waals surface area contributed by atoms with Crippen molar-refractivity contribution in [3.8, 4) is 5.75 Å². The van der Waals surface area contributed by atoms with Gasteiger partial charge in [0.05, 0.1) is 12.2 Å². The Morgan fingerprint density at radius 3 is 2.50 bits per heavy atom. The van der Waals surface area contributed by atoms with Gasteiger partial charge in [-0.2, -0.15) is 4.31 Å². The maximum absolute atomic E-state index is 12.6. The summed E-state index contributed by atoms with van der Waals surface area (Å²) >= 11 is 0. The molecule has 1 fully saturated rings. The zero-order valence-corrected chi connectivity index (χ0v) is 18.5. The molecule has 3 rings (SSSR count). The lowest BCUT2D eigenvalue weighted by Gasteiger charge is -2.35. The molecule has 1 aromatic carbocycles. The molecule has 164 valence electrons. The highest BCUT2D eigenvalue weighted by Gasteiger charge is 2.28. The zero-order valence-electron chi connectivity index (χ0n) is 17.7. The molecule has 0 saturated carbocycles. The number of benzene rings is 1. The van der Waals surface area contributed by atoms with E-state index < -0.39 is 10.0 Å². The maximum Gasteiger partial charge on any atom is 0.220 e. The van der Waals surface area contributed by atoms with Gasteiger partial charge >= 0.3 is 0 Å². The van der Waals surface area contributed by atoms with Gasteiger partial charge < -0.3 is 19.5 Å². The number of nitrogens with one attached hydrogen (secondary N) is 1. The largest absolute Gasteiger partial charge is 0.492 e. The summed E-state index contributed by atoms with van der Waals surface area (Å²) in [5.41, 5.74) is 2.76. The van der Waals surface area contributed by atoms with Crippen LogP contribution < -0.4 is 10.1 Å². The summed E-state index contributed by atoms with van der Waals surface area (Å²) in [4.78, 5) is 6.37. The first-order valence-electron chi connectivity index (χ1n) is 9.91. The van der Waals surface area contributed by atoms with E-state index in [1.807, 2.05) is 26.0 Å². The van der Waals surface area contributed by atoms with Gasteiger partial charge in [-0.05, 0) is 37.1 Å². The van der Waals surface area contributed by atoms with E-state index in [1.54, 1.807) is 13.1 Å². The number of hydrogen-bond donors (Lipinski definition) is 1. The molecule has 2 heterocycles. The molecule has 9 nitrogen and oxygen atoms in total. The molecule has 0 bridgehead atoms. The summed E-state index contributed by atoms with van der Waals surface area (Å²) in [7, 11) is -1.69. The molecule has 0 spiro atoms. The van der Waals surface area contributed by atoms with Gasteiger partial charge in [-0.25, -0.2) is 8.42 Å². The molecule has 10 heteroatoms. The molecule has 0 amide bonds. The molecular formula is C20H29N5O4S. The molecule has 0 atom stereocenters. The zero-order chi connectivity index (χ0) is 21.6. The highest BCUT2D eigenvalue weighted by atomic mass is 32.2. The van der Waals surface area contributed by atoms with Crippen molar-refractivity contribution in [1.29, 1.82) is 0 Å². The summed E-state index contributed by atoms with van der Waals surface area (Å²) < 4.78 is 37.2. The number of aromatic nitrogens is 1. The normalized spacial score (nSPS) is 16.0. The molecule has 30 heavy (non-hydrogen) atoms. The average molecular weight is 436 g/mol. The predicted octanol–water partition coefficient (Wildman–Crippen LogP) is 1.39. The first-order valence-corrected chi connectivity index (χ1v) is 11.5. The lowest BCUT2D eigenvalue weighted by atomic mass is 10.1. The Morgan fingerprint density at radius 1 is 1.20 bits per heavy atom. The van der Waals surface area contributed by atoms with Gasteiger partial charge in [-0.1, -0.05) is 11.2 Å². The number of nitrogens with zero attached hydrogens (tertiary/aromatic N) is 4. The Morgan fingerprint density at radius 2 is 1.90 bits per heavy atom. The average Bonchev–Trinajstić information content (AvgIpc) is 3.20. The van der Waals surface area contributed by atoms with Crippen molar-refractivity contribution in [3.05, 3.63) is 47.3 Å². The van der Waals surface area contributed by atoms with Crippen LogP contribution in [0.25, 0.3) is 0 Å². The second kappa shape index (κ2) is 9.94. The fraction of sp³-hybridized carbons (Fsp3) is 0.500. The van der Waals surface area contributed by atoms with Crippen LogP contribution in [0.4, 0.5) is 0 Å². The Bertz CT molecular complexity index is 931. The highest BCUT2D eigenvalue weighted by molar-refractivity contribution is 7.88. The molecule has 0 radical (unpaired) electrons. The smallest absolute Gasteiger partial charge is 0.220 e. The number of hydrogen-bond acceptors (Lipinski definition) is 6. The van der Waals surface area contributed by atoms with Crippen molar-refractivity contribution in [1.82, 2.24) is 19.7 Å². The molecule has 2 aromatic rings. The third-order valence-corrected chi connectivity index (χ3v) is 6.63. The van der Waals surface area contributed by atoms with Crippen LogP contribution in [0, 0.1) is 13.8 Å². The van der Waals surface area contributed by atoms with E-state index in [0.717, 1.165) is 11.7 Å². The van der Waals surface area contributed by atoms with Crippen LogP contribution in [-0.4, -0.2) is 75.1 Å². The van der Waals surface area contributed by atoms with E-state index in [1.165, 1.54) is 21.7 Å². The Labute approximate surface area is 177 Å². The van der Waals surface area contributed by atoms with Crippen LogP contribution in [0.2, 0.25) is 0 Å². The predicted molar refractivity (Wildman–Crippen MR) is 115 cm³/mol. The third kappa shape index (κ3) is 5.96. The third-order valence-electron chi connectivity index (χ3n) is 4.81. The number of rotatable bonds is 7. The topological polar surface area (TPSA) is 100 Å². The first-order chi connectivity index (χ1) is 14.4. The molecule has 1 saturated heterocycles. The van der Waals surface area contributed by atoms with E-state index in [0.29, 0.717) is 45.0 Å². The standard InChI is InChI=1S/C20H29N5O4S/c1-16-12-17(2)14-19(13-16)28-11-5-22-20(21-3)24-6-8-25(9-7-24)30(26,27)15-18-4-10-29-23-18/h4,10,12-14H,5-9,11,15H2,1-3H3,(H,21,22). The lowest BCUT2D eigenvalue weighted by molar-refractivity contribution is 0.257. The fourth-order valence-electron chi connectivity index (χ4n) is 3.45. The molecule has 1 N–H and O–H groups in total. The molecule has 0 unspecified atom stereocenters. The molecule has 1 aliphatic rings. The number of piperazine rings is 1. The summed E-state index contributed by atoms with van der Waals surface area (Å²) in [5.74, 6) is 1.45. The van der Waals surface area contributed by atoms with Crippen LogP contribution in [0.15, 0.2) is 40.0 Å². The summed E-state index contributed by atoms with van der Waals surface area (Å²) in [5, 5.41) is 6.98. The van der Waals surface area contributed by atoms with Crippen LogP contribution in [0.1, 0.15) is 16.8 Å². The number of sulfonamides is 1. The lowest BCUT2D eigenvalue weighted by Crippen LogP contribution is -2.54. The van der Waals surface area contributed by atoms with Gasteiger partial charge in [-0.3, -0.25) is 4.99 Å².